The van der Waals surface area contributed by atoms with Crippen molar-refractivity contribution in [2.24, 2.45) is 0 Å². The summed E-state index contributed by atoms with van der Waals surface area (Å²) in [4.78, 5) is 12.3. The smallest absolute Gasteiger partial charge is 0.237 e. The SMILES string of the molecule is Nc1cccc(NC(=O)CS(=O)c2ccc(Cl)c(Cl)c2)c1. The molecule has 0 saturated carbocycles. The molecule has 7 heteroatoms. The van der Waals surface area contributed by atoms with E-state index in [1.54, 1.807) is 36.4 Å². The molecular weight excluding hydrogens is 331 g/mol. The molecule has 0 fully saturated rings. The fourth-order valence-corrected chi connectivity index (χ4v) is 2.94. The normalized spacial score (nSPS) is 11.9. The molecule has 0 radical (unpaired) electrons. The third kappa shape index (κ3) is 4.46. The first kappa shape index (κ1) is 15.8. The minimum absolute atomic E-state index is 0.174. The van der Waals surface area contributed by atoms with Crippen LogP contribution in [0.3, 0.4) is 0 Å². The number of carbonyl (C=O) groups is 1. The van der Waals surface area contributed by atoms with Crippen molar-refractivity contribution >= 4 is 51.3 Å². The van der Waals surface area contributed by atoms with Gasteiger partial charge in [-0.25, -0.2) is 0 Å². The third-order valence-corrected chi connectivity index (χ3v) is 4.63. The van der Waals surface area contributed by atoms with Gasteiger partial charge in [-0.2, -0.15) is 0 Å². The maximum atomic E-state index is 12.1. The Labute approximate surface area is 134 Å². The Morgan fingerprint density at radius 1 is 1.14 bits per heavy atom. The summed E-state index contributed by atoms with van der Waals surface area (Å²) in [5, 5.41) is 3.32. The predicted octanol–water partition coefficient (Wildman–Crippen LogP) is 3.32. The number of nitrogens with two attached hydrogens (primary N) is 1. The molecular formula is C14H12Cl2N2O2S. The van der Waals surface area contributed by atoms with Crippen LogP contribution in [0.1, 0.15) is 0 Å². The van der Waals surface area contributed by atoms with E-state index in [1.165, 1.54) is 6.07 Å². The van der Waals surface area contributed by atoms with Crippen molar-refractivity contribution in [3.05, 3.63) is 52.5 Å². The summed E-state index contributed by atoms with van der Waals surface area (Å²) in [6.07, 6.45) is 0. The molecule has 0 saturated heterocycles. The molecule has 0 aliphatic carbocycles. The van der Waals surface area contributed by atoms with E-state index in [1.807, 2.05) is 0 Å². The predicted molar refractivity (Wildman–Crippen MR) is 87.2 cm³/mol. The summed E-state index contributed by atoms with van der Waals surface area (Å²) in [7, 11) is -1.50. The van der Waals surface area contributed by atoms with E-state index in [0.29, 0.717) is 26.3 Å². The van der Waals surface area contributed by atoms with Crippen LogP contribution < -0.4 is 11.1 Å². The summed E-state index contributed by atoms with van der Waals surface area (Å²) in [6.45, 7) is 0. The Morgan fingerprint density at radius 2 is 1.90 bits per heavy atom. The lowest BCUT2D eigenvalue weighted by molar-refractivity contribution is -0.113. The van der Waals surface area contributed by atoms with Gasteiger partial charge in [0.05, 0.1) is 20.8 Å². The molecule has 1 unspecified atom stereocenters. The third-order valence-electron chi connectivity index (χ3n) is 2.59. The van der Waals surface area contributed by atoms with E-state index in [-0.39, 0.29) is 11.7 Å². The average molecular weight is 343 g/mol. The molecule has 0 aromatic heterocycles. The van der Waals surface area contributed by atoms with Crippen LogP contribution in [0.15, 0.2) is 47.4 Å². The van der Waals surface area contributed by atoms with Crippen LogP contribution in [-0.4, -0.2) is 15.9 Å². The summed E-state index contributed by atoms with van der Waals surface area (Å²) in [5.41, 5.74) is 6.72. The standard InChI is InChI=1S/C14H12Cl2N2O2S/c15-12-5-4-11(7-13(12)16)21(20)8-14(19)18-10-3-1-2-9(17)6-10/h1-7H,8,17H2,(H,18,19). The molecule has 0 aliphatic rings. The van der Waals surface area contributed by atoms with Crippen LogP contribution in [0.2, 0.25) is 10.0 Å². The van der Waals surface area contributed by atoms with Gasteiger partial charge < -0.3 is 11.1 Å². The average Bonchev–Trinajstić information content (AvgIpc) is 2.41. The number of hydrogen-bond acceptors (Lipinski definition) is 3. The highest BCUT2D eigenvalue weighted by atomic mass is 35.5. The first-order valence-electron chi connectivity index (χ1n) is 5.94. The van der Waals surface area contributed by atoms with Gasteiger partial charge in [-0.1, -0.05) is 29.3 Å². The van der Waals surface area contributed by atoms with Crippen LogP contribution in [-0.2, 0) is 15.6 Å². The molecule has 2 aromatic rings. The van der Waals surface area contributed by atoms with Gasteiger partial charge in [-0.3, -0.25) is 9.00 Å². The Hall–Kier alpha value is -1.56. The molecule has 3 N–H and O–H groups in total. The van der Waals surface area contributed by atoms with Crippen LogP contribution in [0.5, 0.6) is 0 Å². The van der Waals surface area contributed by atoms with Crippen molar-refractivity contribution < 1.29 is 9.00 Å². The second-order valence-corrected chi connectivity index (χ2v) is 6.50. The van der Waals surface area contributed by atoms with Gasteiger partial charge in [-0.05, 0) is 36.4 Å². The Kier molecular flexibility index (Phi) is 5.22. The summed E-state index contributed by atoms with van der Waals surface area (Å²) < 4.78 is 12.1. The molecule has 0 heterocycles. The lowest BCUT2D eigenvalue weighted by Gasteiger charge is -2.06. The van der Waals surface area contributed by atoms with Gasteiger partial charge in [0.15, 0.2) is 0 Å². The number of nitrogens with one attached hydrogen (secondary N) is 1. The van der Waals surface area contributed by atoms with Gasteiger partial charge in [-0.15, -0.1) is 0 Å². The number of halogens is 2. The molecule has 4 nitrogen and oxygen atoms in total. The van der Waals surface area contributed by atoms with Crippen molar-refractivity contribution in [2.45, 2.75) is 4.90 Å². The fraction of sp³-hybridized carbons (Fsp3) is 0.0714. The van der Waals surface area contributed by atoms with Crippen molar-refractivity contribution in [1.29, 1.82) is 0 Å². The van der Waals surface area contributed by atoms with E-state index < -0.39 is 10.8 Å². The summed E-state index contributed by atoms with van der Waals surface area (Å²) in [6, 6.07) is 11.4. The maximum absolute atomic E-state index is 12.1. The summed E-state index contributed by atoms with van der Waals surface area (Å²) in [5.74, 6) is -0.544. The number of nitrogen functional groups attached to an aromatic ring is 1. The van der Waals surface area contributed by atoms with E-state index in [9.17, 15) is 9.00 Å². The maximum Gasteiger partial charge on any atom is 0.237 e. The zero-order valence-electron chi connectivity index (χ0n) is 10.8. The molecule has 2 rings (SSSR count). The summed E-state index contributed by atoms with van der Waals surface area (Å²) >= 11 is 11.7. The first-order chi connectivity index (χ1) is 9.95. The minimum Gasteiger partial charge on any atom is -0.399 e. The molecule has 1 atom stereocenters. The van der Waals surface area contributed by atoms with Crippen LogP contribution in [0, 0.1) is 0 Å². The first-order valence-corrected chi connectivity index (χ1v) is 8.02. The van der Waals surface area contributed by atoms with Crippen LogP contribution in [0.4, 0.5) is 11.4 Å². The molecule has 2 aromatic carbocycles. The van der Waals surface area contributed by atoms with E-state index in [4.69, 9.17) is 28.9 Å². The van der Waals surface area contributed by atoms with Crippen LogP contribution >= 0.6 is 23.2 Å². The molecule has 110 valence electrons. The molecule has 0 aliphatic heterocycles. The number of rotatable bonds is 4. The van der Waals surface area contributed by atoms with Crippen molar-refractivity contribution in [2.75, 3.05) is 16.8 Å². The van der Waals surface area contributed by atoms with Gasteiger partial charge in [0.1, 0.15) is 5.75 Å². The zero-order valence-corrected chi connectivity index (χ0v) is 13.1. The fourth-order valence-electron chi connectivity index (χ4n) is 1.63. The molecule has 1 amide bonds. The van der Waals surface area contributed by atoms with E-state index in [0.717, 1.165) is 0 Å². The highest BCUT2D eigenvalue weighted by molar-refractivity contribution is 7.85. The largest absolute Gasteiger partial charge is 0.399 e. The van der Waals surface area contributed by atoms with Crippen molar-refractivity contribution in [3.63, 3.8) is 0 Å². The molecule has 21 heavy (non-hydrogen) atoms. The second-order valence-electron chi connectivity index (χ2n) is 4.24. The molecule has 0 bridgehead atoms. The Morgan fingerprint density at radius 3 is 2.57 bits per heavy atom. The van der Waals surface area contributed by atoms with E-state index in [2.05, 4.69) is 5.32 Å². The number of carbonyl (C=O) groups excluding carboxylic acids is 1. The lowest BCUT2D eigenvalue weighted by atomic mass is 10.3. The monoisotopic (exact) mass is 342 g/mol. The van der Waals surface area contributed by atoms with Crippen molar-refractivity contribution in [1.82, 2.24) is 0 Å². The number of benzene rings is 2. The Balaban J connectivity index is 2.02. The quantitative estimate of drug-likeness (QED) is 0.837. The number of anilines is 2. The topological polar surface area (TPSA) is 72.2 Å². The van der Waals surface area contributed by atoms with Crippen molar-refractivity contribution in [3.8, 4) is 0 Å². The van der Waals surface area contributed by atoms with E-state index >= 15 is 0 Å². The Bertz CT molecular complexity index is 707. The highest BCUT2D eigenvalue weighted by Gasteiger charge is 2.12. The van der Waals surface area contributed by atoms with Gasteiger partial charge >= 0.3 is 0 Å². The lowest BCUT2D eigenvalue weighted by Crippen LogP contribution is -2.19. The van der Waals surface area contributed by atoms with Crippen LogP contribution in [0.25, 0.3) is 0 Å². The van der Waals surface area contributed by atoms with Gasteiger partial charge in [0, 0.05) is 16.3 Å². The minimum atomic E-state index is -1.50. The highest BCUT2D eigenvalue weighted by Crippen LogP contribution is 2.24. The van der Waals surface area contributed by atoms with Gasteiger partial charge in [0.25, 0.3) is 0 Å². The van der Waals surface area contributed by atoms with Gasteiger partial charge in [0.2, 0.25) is 5.91 Å². The second kappa shape index (κ2) is 6.93. The molecule has 0 spiro atoms. The number of hydrogen-bond donors (Lipinski definition) is 2. The zero-order chi connectivity index (χ0) is 15.4. The number of amides is 1.